The fourth-order valence-corrected chi connectivity index (χ4v) is 2.25. The molecule has 1 N–H and O–H groups in total. The summed E-state index contributed by atoms with van der Waals surface area (Å²) >= 11 is 0. The summed E-state index contributed by atoms with van der Waals surface area (Å²) in [6.07, 6.45) is 2.51. The second-order valence-electron chi connectivity index (χ2n) is 4.54. The van der Waals surface area contributed by atoms with Crippen LogP contribution in [0.3, 0.4) is 0 Å². The lowest BCUT2D eigenvalue weighted by atomic mass is 10.2. The zero-order chi connectivity index (χ0) is 11.1. The van der Waals surface area contributed by atoms with E-state index in [1.807, 2.05) is 0 Å². The average Bonchev–Trinajstić information content (AvgIpc) is 2.28. The van der Waals surface area contributed by atoms with Gasteiger partial charge in [0.25, 0.3) is 0 Å². The molecular weight excluding hydrogens is 186 g/mol. The smallest absolute Gasteiger partial charge is 0.0189 e. The minimum Gasteiger partial charge on any atom is -0.316 e. The first-order valence-electron chi connectivity index (χ1n) is 6.42. The lowest BCUT2D eigenvalue weighted by Crippen LogP contribution is -2.50. The van der Waals surface area contributed by atoms with Gasteiger partial charge in [-0.25, -0.2) is 0 Å². The molecule has 0 amide bonds. The molecule has 1 fully saturated rings. The van der Waals surface area contributed by atoms with Crippen LogP contribution >= 0.6 is 0 Å². The van der Waals surface area contributed by atoms with Crippen molar-refractivity contribution in [2.24, 2.45) is 0 Å². The topological polar surface area (TPSA) is 18.5 Å². The molecule has 3 heteroatoms. The van der Waals surface area contributed by atoms with E-state index in [9.17, 15) is 0 Å². The monoisotopic (exact) mass is 213 g/mol. The van der Waals surface area contributed by atoms with Crippen LogP contribution in [-0.4, -0.2) is 62.2 Å². The fraction of sp³-hybridized carbons (Fsp3) is 1.00. The molecule has 15 heavy (non-hydrogen) atoms. The molecule has 90 valence electrons. The van der Waals surface area contributed by atoms with Gasteiger partial charge >= 0.3 is 0 Å². The maximum Gasteiger partial charge on any atom is 0.0189 e. The summed E-state index contributed by atoms with van der Waals surface area (Å²) < 4.78 is 0. The zero-order valence-electron chi connectivity index (χ0n) is 10.6. The summed E-state index contributed by atoms with van der Waals surface area (Å²) in [6, 6.07) is 0.669. The third-order valence-electron chi connectivity index (χ3n) is 3.38. The summed E-state index contributed by atoms with van der Waals surface area (Å²) in [5, 5.41) is 3.38. The van der Waals surface area contributed by atoms with E-state index < -0.39 is 0 Å². The van der Waals surface area contributed by atoms with E-state index in [1.165, 1.54) is 52.1 Å². The molecular formula is C12H27N3. The Kier molecular flexibility index (Phi) is 6.22. The molecule has 3 nitrogen and oxygen atoms in total. The van der Waals surface area contributed by atoms with Gasteiger partial charge in [0.2, 0.25) is 0 Å². The maximum absolute atomic E-state index is 3.38. The van der Waals surface area contributed by atoms with Gasteiger partial charge in [-0.15, -0.1) is 0 Å². The minimum atomic E-state index is 0.669. The van der Waals surface area contributed by atoms with E-state index in [2.05, 4.69) is 36.0 Å². The predicted molar refractivity (Wildman–Crippen MR) is 66.3 cm³/mol. The van der Waals surface area contributed by atoms with Gasteiger partial charge in [0.05, 0.1) is 0 Å². The molecule has 1 aliphatic heterocycles. The highest BCUT2D eigenvalue weighted by Gasteiger charge is 2.17. The number of hydrogen-bond acceptors (Lipinski definition) is 3. The maximum atomic E-state index is 3.38. The molecule has 0 bridgehead atoms. The highest BCUT2D eigenvalue weighted by molar-refractivity contribution is 4.75. The first-order chi connectivity index (χ1) is 7.30. The van der Waals surface area contributed by atoms with Crippen LogP contribution in [0.1, 0.15) is 26.7 Å². The standard InChI is InChI=1S/C12H27N3/c1-4-6-14-7-9-15(10-8-14)11-12(5-2)13-3/h12-13H,4-11H2,1-3H3. The number of hydrogen-bond donors (Lipinski definition) is 1. The molecule has 0 aliphatic carbocycles. The van der Waals surface area contributed by atoms with E-state index >= 15 is 0 Å². The molecule has 0 aromatic rings. The van der Waals surface area contributed by atoms with Crippen molar-refractivity contribution in [2.75, 3.05) is 46.3 Å². The number of piperazine rings is 1. The Morgan fingerprint density at radius 2 is 1.67 bits per heavy atom. The van der Waals surface area contributed by atoms with Gasteiger partial charge in [-0.2, -0.15) is 0 Å². The molecule has 1 atom stereocenters. The van der Waals surface area contributed by atoms with E-state index in [1.54, 1.807) is 0 Å². The SMILES string of the molecule is CCCN1CCN(CC(CC)NC)CC1. The molecule has 0 saturated carbocycles. The molecule has 0 aromatic heterocycles. The number of nitrogens with zero attached hydrogens (tertiary/aromatic N) is 2. The van der Waals surface area contributed by atoms with Gasteiger partial charge in [-0.1, -0.05) is 13.8 Å². The van der Waals surface area contributed by atoms with Crippen molar-refractivity contribution in [3.05, 3.63) is 0 Å². The molecule has 1 saturated heterocycles. The van der Waals surface area contributed by atoms with Crippen LogP contribution in [0.2, 0.25) is 0 Å². The fourth-order valence-electron chi connectivity index (χ4n) is 2.25. The largest absolute Gasteiger partial charge is 0.316 e. The first-order valence-corrected chi connectivity index (χ1v) is 6.42. The Labute approximate surface area is 94.8 Å². The van der Waals surface area contributed by atoms with E-state index in [-0.39, 0.29) is 0 Å². The summed E-state index contributed by atoms with van der Waals surface area (Å²) in [6.45, 7) is 12.0. The predicted octanol–water partition coefficient (Wildman–Crippen LogP) is 1.01. The molecule has 1 rings (SSSR count). The van der Waals surface area contributed by atoms with Gasteiger partial charge < -0.3 is 10.2 Å². The molecule has 1 aliphatic rings. The van der Waals surface area contributed by atoms with Crippen LogP contribution in [0.4, 0.5) is 0 Å². The molecule has 0 spiro atoms. The summed E-state index contributed by atoms with van der Waals surface area (Å²) in [5.74, 6) is 0. The highest BCUT2D eigenvalue weighted by atomic mass is 15.3. The van der Waals surface area contributed by atoms with Crippen molar-refractivity contribution in [3.63, 3.8) is 0 Å². The zero-order valence-corrected chi connectivity index (χ0v) is 10.6. The summed E-state index contributed by atoms with van der Waals surface area (Å²) in [4.78, 5) is 5.17. The van der Waals surface area contributed by atoms with Crippen molar-refractivity contribution in [2.45, 2.75) is 32.7 Å². The van der Waals surface area contributed by atoms with Crippen LogP contribution in [-0.2, 0) is 0 Å². The lowest BCUT2D eigenvalue weighted by Gasteiger charge is -2.36. The third kappa shape index (κ3) is 4.49. The summed E-state index contributed by atoms with van der Waals surface area (Å²) in [7, 11) is 2.07. The molecule has 1 heterocycles. The first kappa shape index (κ1) is 12.9. The van der Waals surface area contributed by atoms with Crippen molar-refractivity contribution in [3.8, 4) is 0 Å². The van der Waals surface area contributed by atoms with Crippen LogP contribution in [0, 0.1) is 0 Å². The lowest BCUT2D eigenvalue weighted by molar-refractivity contribution is 0.123. The quantitative estimate of drug-likeness (QED) is 0.710. The second kappa shape index (κ2) is 7.20. The number of rotatable bonds is 6. The van der Waals surface area contributed by atoms with Crippen molar-refractivity contribution in [1.29, 1.82) is 0 Å². The van der Waals surface area contributed by atoms with Gasteiger partial charge in [0.1, 0.15) is 0 Å². The van der Waals surface area contributed by atoms with Crippen molar-refractivity contribution in [1.82, 2.24) is 15.1 Å². The molecule has 1 unspecified atom stereocenters. The minimum absolute atomic E-state index is 0.669. The van der Waals surface area contributed by atoms with E-state index in [0.29, 0.717) is 6.04 Å². The van der Waals surface area contributed by atoms with Crippen molar-refractivity contribution >= 4 is 0 Å². The Hall–Kier alpha value is -0.120. The highest BCUT2D eigenvalue weighted by Crippen LogP contribution is 2.04. The van der Waals surface area contributed by atoms with Gasteiger partial charge in [-0.05, 0) is 26.4 Å². The third-order valence-corrected chi connectivity index (χ3v) is 3.38. The van der Waals surface area contributed by atoms with Gasteiger partial charge in [-0.3, -0.25) is 4.90 Å². The Morgan fingerprint density at radius 1 is 1.07 bits per heavy atom. The second-order valence-corrected chi connectivity index (χ2v) is 4.54. The average molecular weight is 213 g/mol. The Morgan fingerprint density at radius 3 is 2.13 bits per heavy atom. The van der Waals surface area contributed by atoms with E-state index in [0.717, 1.165) is 0 Å². The molecule has 0 aromatic carbocycles. The van der Waals surface area contributed by atoms with Crippen LogP contribution in [0.25, 0.3) is 0 Å². The molecule has 0 radical (unpaired) electrons. The van der Waals surface area contributed by atoms with Crippen molar-refractivity contribution < 1.29 is 0 Å². The Bertz CT molecular complexity index is 149. The number of likely N-dealkylation sites (N-methyl/N-ethyl adjacent to an activating group) is 1. The Balaban J connectivity index is 2.19. The van der Waals surface area contributed by atoms with Crippen LogP contribution in [0.5, 0.6) is 0 Å². The number of nitrogens with one attached hydrogen (secondary N) is 1. The normalized spacial score (nSPS) is 21.8. The van der Waals surface area contributed by atoms with Crippen LogP contribution < -0.4 is 5.32 Å². The van der Waals surface area contributed by atoms with E-state index in [4.69, 9.17) is 0 Å². The van der Waals surface area contributed by atoms with Gasteiger partial charge in [0, 0.05) is 38.8 Å². The van der Waals surface area contributed by atoms with Gasteiger partial charge in [0.15, 0.2) is 0 Å². The summed E-state index contributed by atoms with van der Waals surface area (Å²) in [5.41, 5.74) is 0. The van der Waals surface area contributed by atoms with Crippen LogP contribution in [0.15, 0.2) is 0 Å².